The van der Waals surface area contributed by atoms with Gasteiger partial charge in [0.05, 0.1) is 0 Å². The number of pyridine rings is 2. The average Bonchev–Trinajstić information content (AvgIpc) is 3.34. The molecule has 6 nitrogen and oxygen atoms in total. The first kappa shape index (κ1) is 58.8. The molecule has 0 aliphatic carbocycles. The number of rotatable bonds is 41. The van der Waals surface area contributed by atoms with Crippen molar-refractivity contribution in [2.45, 2.75) is 286 Å². The molecule has 0 saturated carbocycles. The number of carbonyl (C=O) groups is 2. The van der Waals surface area contributed by atoms with E-state index in [9.17, 15) is 9.59 Å². The lowest BCUT2D eigenvalue weighted by atomic mass is 9.93. The molecule has 2 aromatic carbocycles. The van der Waals surface area contributed by atoms with Gasteiger partial charge in [-0.15, -0.1) is 0 Å². The maximum absolute atomic E-state index is 12.5. The van der Waals surface area contributed by atoms with E-state index in [4.69, 9.17) is 19.4 Å². The summed E-state index contributed by atoms with van der Waals surface area (Å²) < 4.78 is 11.8. The third-order valence-electron chi connectivity index (χ3n) is 14.7. The van der Waals surface area contributed by atoms with Crippen LogP contribution < -0.4 is 9.47 Å². The van der Waals surface area contributed by atoms with E-state index >= 15 is 0 Å². The molecule has 4 aromatic rings. The van der Waals surface area contributed by atoms with E-state index in [-0.39, 0.29) is 11.9 Å². The predicted octanol–water partition coefficient (Wildman–Crippen LogP) is 19.2. The van der Waals surface area contributed by atoms with E-state index < -0.39 is 0 Å². The number of unbranched alkanes of at least 4 members (excludes halogenated alkanes) is 28. The van der Waals surface area contributed by atoms with E-state index in [1.165, 1.54) is 216 Å². The second kappa shape index (κ2) is 36.2. The number of aromatic nitrogens is 2. The summed E-state index contributed by atoms with van der Waals surface area (Å²) >= 11 is 0. The van der Waals surface area contributed by atoms with E-state index in [1.807, 2.05) is 12.1 Å². The molecule has 0 aliphatic rings. The van der Waals surface area contributed by atoms with Crippen LogP contribution in [0.3, 0.4) is 0 Å². The van der Waals surface area contributed by atoms with E-state index in [0.29, 0.717) is 11.5 Å². The minimum absolute atomic E-state index is 0.320. The fourth-order valence-corrected chi connectivity index (χ4v) is 10.6. The fourth-order valence-electron chi connectivity index (χ4n) is 10.6. The summed E-state index contributed by atoms with van der Waals surface area (Å²) in [6.45, 7) is 12.1. The van der Waals surface area contributed by atoms with Crippen molar-refractivity contribution in [3.8, 4) is 11.5 Å². The van der Waals surface area contributed by atoms with Crippen molar-refractivity contribution in [1.29, 1.82) is 0 Å². The number of hydrogen-bond donors (Lipinski definition) is 0. The van der Waals surface area contributed by atoms with Crippen LogP contribution in [0.25, 0.3) is 21.8 Å². The molecule has 0 aliphatic heterocycles. The van der Waals surface area contributed by atoms with Gasteiger partial charge in [-0.25, -0.2) is 9.97 Å². The molecule has 0 atom stereocenters. The third-order valence-corrected chi connectivity index (χ3v) is 14.7. The van der Waals surface area contributed by atoms with Gasteiger partial charge in [0.25, 0.3) is 0 Å². The molecule has 2 aromatic heterocycles. The van der Waals surface area contributed by atoms with Crippen LogP contribution in [0.1, 0.15) is 281 Å². The molecule has 0 fully saturated rings. The zero-order chi connectivity index (χ0) is 50.0. The van der Waals surface area contributed by atoms with Gasteiger partial charge < -0.3 is 9.47 Å². The van der Waals surface area contributed by atoms with Crippen molar-refractivity contribution in [3.63, 3.8) is 0 Å². The molecule has 0 amide bonds. The second-order valence-electron chi connectivity index (χ2n) is 21.0. The van der Waals surface area contributed by atoms with Gasteiger partial charge in [0, 0.05) is 36.0 Å². The molecule has 6 heteroatoms. The first-order valence-electron chi connectivity index (χ1n) is 29.5. The van der Waals surface area contributed by atoms with Crippen LogP contribution in [-0.2, 0) is 48.1 Å². The molecular formula is C64H100N2O4. The van der Waals surface area contributed by atoms with Crippen LogP contribution >= 0.6 is 0 Å². The zero-order valence-electron chi connectivity index (χ0n) is 45.9. The van der Waals surface area contributed by atoms with Crippen molar-refractivity contribution in [2.24, 2.45) is 0 Å². The Morgan fingerprint density at radius 1 is 0.343 bits per heavy atom. The molecule has 0 saturated heterocycles. The van der Waals surface area contributed by atoms with Gasteiger partial charge in [-0.3, -0.25) is 9.59 Å². The van der Waals surface area contributed by atoms with Crippen LogP contribution in [0.5, 0.6) is 11.5 Å². The highest BCUT2D eigenvalue weighted by molar-refractivity contribution is 5.91. The summed E-state index contributed by atoms with van der Waals surface area (Å²) in [6.07, 6.45) is 46.5. The van der Waals surface area contributed by atoms with Crippen LogP contribution in [0, 0.1) is 0 Å². The lowest BCUT2D eigenvalue weighted by molar-refractivity contribution is -0.132. The maximum Gasteiger partial charge on any atom is 0.308 e. The molecule has 4 rings (SSSR count). The Kier molecular flexibility index (Phi) is 30.4. The number of ether oxygens (including phenoxy) is 2. The molecule has 2 heterocycles. The topological polar surface area (TPSA) is 78.4 Å². The largest absolute Gasteiger partial charge is 0.424 e. The molecule has 0 bridgehead atoms. The van der Waals surface area contributed by atoms with Gasteiger partial charge in [0.15, 0.2) is 11.5 Å². The minimum Gasteiger partial charge on any atom is -0.424 e. The van der Waals surface area contributed by atoms with Crippen LogP contribution in [0.15, 0.2) is 36.4 Å². The summed E-state index contributed by atoms with van der Waals surface area (Å²) in [5, 5.41) is 2.27. The number of nitrogens with zero attached hydrogens (tertiary/aromatic N) is 2. The summed E-state index contributed by atoms with van der Waals surface area (Å²) in [5.41, 5.74) is 9.00. The lowest BCUT2D eigenvalue weighted by Crippen LogP contribution is -2.09. The molecular weight excluding hydrogens is 861 g/mol. The van der Waals surface area contributed by atoms with E-state index in [1.54, 1.807) is 0 Å². The molecule has 0 N–H and O–H groups in total. The Morgan fingerprint density at radius 2 is 0.600 bits per heavy atom. The zero-order valence-corrected chi connectivity index (χ0v) is 45.9. The highest BCUT2D eigenvalue weighted by atomic mass is 16.5. The quantitative estimate of drug-likeness (QED) is 0.0250. The first-order valence-corrected chi connectivity index (χ1v) is 29.5. The normalized spacial score (nSPS) is 11.6. The number of esters is 2. The SMILES string of the molecule is CCCCCCCCCCc1cc2c(CCCCCCCCCC)ccc(OC(C)=O)c2nc1CCc1nc2c(OC(C)=O)ccc(CCCCCCCCCC)c2cc1CCCCCCCCCC. The molecule has 0 radical (unpaired) electrons. The fraction of sp³-hybridized carbons (Fsp3) is 0.688. The van der Waals surface area contributed by atoms with Gasteiger partial charge in [0.2, 0.25) is 0 Å². The Morgan fingerprint density at radius 3 is 0.871 bits per heavy atom. The third kappa shape index (κ3) is 22.3. The molecule has 0 spiro atoms. The van der Waals surface area contributed by atoms with Crippen LogP contribution in [0.2, 0.25) is 0 Å². The summed E-state index contributed by atoms with van der Waals surface area (Å²) in [4.78, 5) is 36.1. The highest BCUT2D eigenvalue weighted by Crippen LogP contribution is 2.34. The number of fused-ring (bicyclic) bond motifs is 2. The van der Waals surface area contributed by atoms with Gasteiger partial charge in [0.1, 0.15) is 11.0 Å². The van der Waals surface area contributed by atoms with Crippen LogP contribution in [0.4, 0.5) is 0 Å². The Hall–Kier alpha value is -3.80. The second-order valence-corrected chi connectivity index (χ2v) is 21.0. The van der Waals surface area contributed by atoms with Crippen molar-refractivity contribution < 1.29 is 19.1 Å². The number of aryl methyl sites for hydroxylation is 6. The minimum atomic E-state index is -0.320. The predicted molar refractivity (Wildman–Crippen MR) is 299 cm³/mol. The monoisotopic (exact) mass is 961 g/mol. The molecule has 390 valence electrons. The van der Waals surface area contributed by atoms with E-state index in [0.717, 1.165) is 97.4 Å². The lowest BCUT2D eigenvalue weighted by Gasteiger charge is -2.18. The van der Waals surface area contributed by atoms with Gasteiger partial charge >= 0.3 is 11.9 Å². The number of hydrogen-bond acceptors (Lipinski definition) is 6. The standard InChI is InChI=1S/C64H100N2O4/c1-7-11-15-19-23-27-31-35-39-53-43-47-61(69-51(5)67)63-57(53)49-55(41-37-33-29-25-21-17-13-9-3)59(65-63)45-46-60-56(42-38-34-30-26-22-18-14-10-4)50-58-54(40-36-32-28-24-20-16-12-8-2)44-48-62(64(58)66-60)70-52(6)68/h43-44,47-50H,7-42,45-46H2,1-6H3. The highest BCUT2D eigenvalue weighted by Gasteiger charge is 2.19. The number of benzene rings is 2. The molecule has 0 unspecified atom stereocenters. The van der Waals surface area contributed by atoms with Crippen molar-refractivity contribution in [1.82, 2.24) is 9.97 Å². The van der Waals surface area contributed by atoms with Crippen molar-refractivity contribution in [3.05, 3.63) is 70.0 Å². The number of carbonyl (C=O) groups excluding carboxylic acids is 2. The van der Waals surface area contributed by atoms with Gasteiger partial charge in [-0.2, -0.15) is 0 Å². The smallest absolute Gasteiger partial charge is 0.308 e. The summed E-state index contributed by atoms with van der Waals surface area (Å²) in [6, 6.07) is 13.2. The Balaban J connectivity index is 1.70. The van der Waals surface area contributed by atoms with Crippen LogP contribution in [-0.4, -0.2) is 21.9 Å². The Labute approximate surface area is 428 Å². The summed E-state index contributed by atoms with van der Waals surface area (Å²) in [7, 11) is 0. The Bertz CT molecular complexity index is 1920. The van der Waals surface area contributed by atoms with Crippen molar-refractivity contribution >= 4 is 33.7 Å². The maximum atomic E-state index is 12.5. The van der Waals surface area contributed by atoms with Gasteiger partial charge in [-0.05, 0) is 111 Å². The molecule has 70 heavy (non-hydrogen) atoms. The van der Waals surface area contributed by atoms with Gasteiger partial charge in [-0.1, -0.05) is 220 Å². The average molecular weight is 962 g/mol. The van der Waals surface area contributed by atoms with E-state index in [2.05, 4.69) is 52.0 Å². The van der Waals surface area contributed by atoms with Crippen molar-refractivity contribution in [2.75, 3.05) is 0 Å². The first-order chi connectivity index (χ1) is 34.3. The summed E-state index contributed by atoms with van der Waals surface area (Å²) in [5.74, 6) is 0.465.